The molecule has 2 amide bonds. The first-order valence-corrected chi connectivity index (χ1v) is 11.3. The standard InChI is InChI=1S/C24H32N4O3/c1-3-26-11-13-27(14-12-26)20-8-9-21(18(2)16-20)25-23(29)19-6-4-10-28(17-19)24(30)22-7-5-15-31-22/h5,7-9,15-16,19H,3-4,6,10-14,17H2,1-2H3,(H,25,29). The molecule has 1 atom stereocenters. The Morgan fingerprint density at radius 2 is 1.94 bits per heavy atom. The number of piperazine rings is 1. The van der Waals surface area contributed by atoms with Crippen molar-refractivity contribution >= 4 is 23.2 Å². The lowest BCUT2D eigenvalue weighted by molar-refractivity contribution is -0.121. The third-order valence-electron chi connectivity index (χ3n) is 6.46. The van der Waals surface area contributed by atoms with E-state index in [1.807, 2.05) is 13.0 Å². The molecule has 2 aliphatic heterocycles. The molecule has 4 rings (SSSR count). The molecular formula is C24H32N4O3. The van der Waals surface area contributed by atoms with Gasteiger partial charge in [0.05, 0.1) is 12.2 Å². The molecule has 166 valence electrons. The van der Waals surface area contributed by atoms with Crippen LogP contribution in [-0.2, 0) is 4.79 Å². The maximum atomic E-state index is 12.9. The molecule has 1 aromatic carbocycles. The van der Waals surface area contributed by atoms with Gasteiger partial charge in [0, 0.05) is 50.6 Å². The van der Waals surface area contributed by atoms with Crippen molar-refractivity contribution in [3.8, 4) is 0 Å². The summed E-state index contributed by atoms with van der Waals surface area (Å²) in [6.07, 6.45) is 3.09. The van der Waals surface area contributed by atoms with Crippen molar-refractivity contribution in [3.63, 3.8) is 0 Å². The second kappa shape index (κ2) is 9.56. The van der Waals surface area contributed by atoms with Gasteiger partial charge in [-0.3, -0.25) is 9.59 Å². The molecule has 2 aromatic rings. The highest BCUT2D eigenvalue weighted by Crippen LogP contribution is 2.26. The van der Waals surface area contributed by atoms with Crippen LogP contribution in [-0.4, -0.2) is 67.4 Å². The van der Waals surface area contributed by atoms with Gasteiger partial charge in [0.2, 0.25) is 5.91 Å². The van der Waals surface area contributed by atoms with Gasteiger partial charge in [-0.2, -0.15) is 0 Å². The minimum atomic E-state index is -0.214. The van der Waals surface area contributed by atoms with Gasteiger partial charge < -0.3 is 24.4 Å². The summed E-state index contributed by atoms with van der Waals surface area (Å²) in [5.41, 5.74) is 3.11. The SMILES string of the molecule is CCN1CCN(c2ccc(NC(=O)C3CCCN(C(=O)c4ccco4)C3)c(C)c2)CC1. The predicted octanol–water partition coefficient (Wildman–Crippen LogP) is 3.22. The Labute approximate surface area is 184 Å². The Balaban J connectivity index is 1.36. The molecule has 0 saturated carbocycles. The summed E-state index contributed by atoms with van der Waals surface area (Å²) in [4.78, 5) is 32.1. The van der Waals surface area contributed by atoms with Crippen LogP contribution in [0.1, 0.15) is 35.9 Å². The number of anilines is 2. The van der Waals surface area contributed by atoms with Crippen molar-refractivity contribution in [1.82, 2.24) is 9.80 Å². The van der Waals surface area contributed by atoms with Crippen LogP contribution < -0.4 is 10.2 Å². The van der Waals surface area contributed by atoms with Crippen LogP contribution >= 0.6 is 0 Å². The van der Waals surface area contributed by atoms with Gasteiger partial charge in [-0.25, -0.2) is 0 Å². The summed E-state index contributed by atoms with van der Waals surface area (Å²) in [5, 5.41) is 3.09. The third-order valence-corrected chi connectivity index (χ3v) is 6.46. The topological polar surface area (TPSA) is 69.0 Å². The maximum Gasteiger partial charge on any atom is 0.289 e. The first-order chi connectivity index (χ1) is 15.0. The van der Waals surface area contributed by atoms with E-state index in [2.05, 4.69) is 34.2 Å². The number of piperidine rings is 1. The first-order valence-electron chi connectivity index (χ1n) is 11.3. The molecule has 2 fully saturated rings. The zero-order valence-corrected chi connectivity index (χ0v) is 18.5. The number of rotatable bonds is 5. The van der Waals surface area contributed by atoms with Crippen LogP contribution in [0.15, 0.2) is 41.0 Å². The van der Waals surface area contributed by atoms with Gasteiger partial charge in [0.25, 0.3) is 5.91 Å². The summed E-state index contributed by atoms with van der Waals surface area (Å²) in [6.45, 7) is 10.6. The summed E-state index contributed by atoms with van der Waals surface area (Å²) in [5.74, 6) is -0.0586. The van der Waals surface area contributed by atoms with E-state index in [-0.39, 0.29) is 17.7 Å². The number of hydrogen-bond donors (Lipinski definition) is 1. The summed E-state index contributed by atoms with van der Waals surface area (Å²) in [7, 11) is 0. The molecule has 3 heterocycles. The van der Waals surface area contributed by atoms with Gasteiger partial charge in [-0.1, -0.05) is 6.92 Å². The van der Waals surface area contributed by atoms with Crippen LogP contribution in [0.3, 0.4) is 0 Å². The number of aryl methyl sites for hydroxylation is 1. The van der Waals surface area contributed by atoms with Crippen LogP contribution in [0.4, 0.5) is 11.4 Å². The molecule has 2 aliphatic rings. The van der Waals surface area contributed by atoms with E-state index in [0.717, 1.165) is 56.8 Å². The van der Waals surface area contributed by atoms with E-state index in [1.165, 1.54) is 12.0 Å². The fraction of sp³-hybridized carbons (Fsp3) is 0.500. The Morgan fingerprint density at radius 1 is 1.13 bits per heavy atom. The fourth-order valence-corrected chi connectivity index (χ4v) is 4.47. The molecule has 7 heteroatoms. The van der Waals surface area contributed by atoms with Crippen LogP contribution in [0, 0.1) is 12.8 Å². The average molecular weight is 425 g/mol. The zero-order chi connectivity index (χ0) is 21.8. The highest BCUT2D eigenvalue weighted by atomic mass is 16.3. The number of likely N-dealkylation sites (N-methyl/N-ethyl adjacent to an activating group) is 1. The Bertz CT molecular complexity index is 904. The van der Waals surface area contributed by atoms with Crippen LogP contribution in [0.5, 0.6) is 0 Å². The second-order valence-electron chi connectivity index (χ2n) is 8.48. The number of furan rings is 1. The lowest BCUT2D eigenvalue weighted by atomic mass is 9.96. The monoisotopic (exact) mass is 424 g/mol. The number of nitrogens with zero attached hydrogens (tertiary/aromatic N) is 3. The number of amides is 2. The summed E-state index contributed by atoms with van der Waals surface area (Å²) >= 11 is 0. The van der Waals surface area contributed by atoms with Crippen molar-refractivity contribution in [2.75, 3.05) is 56.0 Å². The zero-order valence-electron chi connectivity index (χ0n) is 18.5. The van der Waals surface area contributed by atoms with Crippen LogP contribution in [0.25, 0.3) is 0 Å². The Hall–Kier alpha value is -2.80. The van der Waals surface area contributed by atoms with E-state index in [0.29, 0.717) is 18.8 Å². The number of nitrogens with one attached hydrogen (secondary N) is 1. The quantitative estimate of drug-likeness (QED) is 0.798. The molecule has 7 nitrogen and oxygen atoms in total. The van der Waals surface area contributed by atoms with Gasteiger partial charge in [-0.15, -0.1) is 0 Å². The second-order valence-corrected chi connectivity index (χ2v) is 8.48. The maximum absolute atomic E-state index is 12.9. The van der Waals surface area contributed by atoms with Gasteiger partial charge >= 0.3 is 0 Å². The number of carbonyl (C=O) groups excluding carboxylic acids is 2. The summed E-state index contributed by atoms with van der Waals surface area (Å²) in [6, 6.07) is 9.63. The average Bonchev–Trinajstić information content (AvgIpc) is 3.35. The normalized spacial score (nSPS) is 20.0. The van der Waals surface area contributed by atoms with Gasteiger partial charge in [0.15, 0.2) is 5.76 Å². The van der Waals surface area contributed by atoms with Gasteiger partial charge in [-0.05, 0) is 62.2 Å². The number of likely N-dealkylation sites (tertiary alicyclic amines) is 1. The van der Waals surface area contributed by atoms with E-state index in [1.54, 1.807) is 17.0 Å². The molecule has 0 aliphatic carbocycles. The van der Waals surface area contributed by atoms with E-state index >= 15 is 0 Å². The molecule has 1 N–H and O–H groups in total. The number of carbonyl (C=O) groups is 2. The predicted molar refractivity (Wildman–Crippen MR) is 121 cm³/mol. The Morgan fingerprint density at radius 3 is 2.61 bits per heavy atom. The molecule has 2 saturated heterocycles. The lowest BCUT2D eigenvalue weighted by Crippen LogP contribution is -2.46. The fourth-order valence-electron chi connectivity index (χ4n) is 4.47. The molecule has 0 bridgehead atoms. The highest BCUT2D eigenvalue weighted by Gasteiger charge is 2.30. The van der Waals surface area contributed by atoms with Crippen molar-refractivity contribution in [2.45, 2.75) is 26.7 Å². The first kappa shape index (κ1) is 21.4. The molecule has 31 heavy (non-hydrogen) atoms. The molecule has 0 radical (unpaired) electrons. The smallest absolute Gasteiger partial charge is 0.289 e. The van der Waals surface area contributed by atoms with Crippen molar-refractivity contribution in [3.05, 3.63) is 47.9 Å². The van der Waals surface area contributed by atoms with Crippen molar-refractivity contribution < 1.29 is 14.0 Å². The number of benzene rings is 1. The van der Waals surface area contributed by atoms with E-state index in [4.69, 9.17) is 4.42 Å². The minimum absolute atomic E-state index is 0.0237. The molecule has 1 aromatic heterocycles. The molecule has 0 spiro atoms. The minimum Gasteiger partial charge on any atom is -0.459 e. The third kappa shape index (κ3) is 4.93. The van der Waals surface area contributed by atoms with Crippen molar-refractivity contribution in [2.24, 2.45) is 5.92 Å². The highest BCUT2D eigenvalue weighted by molar-refractivity contribution is 5.95. The Kier molecular flexibility index (Phi) is 6.61. The van der Waals surface area contributed by atoms with Crippen molar-refractivity contribution in [1.29, 1.82) is 0 Å². The largest absolute Gasteiger partial charge is 0.459 e. The molecule has 1 unspecified atom stereocenters. The lowest BCUT2D eigenvalue weighted by Gasteiger charge is -2.35. The summed E-state index contributed by atoms with van der Waals surface area (Å²) < 4.78 is 5.23. The van der Waals surface area contributed by atoms with E-state index < -0.39 is 0 Å². The van der Waals surface area contributed by atoms with E-state index in [9.17, 15) is 9.59 Å². The van der Waals surface area contributed by atoms with Crippen LogP contribution in [0.2, 0.25) is 0 Å². The van der Waals surface area contributed by atoms with Gasteiger partial charge in [0.1, 0.15) is 0 Å². The number of hydrogen-bond acceptors (Lipinski definition) is 5. The molecular weight excluding hydrogens is 392 g/mol.